The molecule has 2 heterocycles. The van der Waals surface area contributed by atoms with Crippen molar-refractivity contribution in [1.82, 2.24) is 9.21 Å². The number of rotatable bonds is 7. The van der Waals surface area contributed by atoms with E-state index in [1.54, 1.807) is 4.90 Å². The molecule has 1 aromatic rings. The Morgan fingerprint density at radius 2 is 1.88 bits per heavy atom. The molecule has 0 saturated carbocycles. The molecule has 0 radical (unpaired) electrons. The molecule has 2 aliphatic rings. The Labute approximate surface area is 191 Å². The molecule has 1 saturated heterocycles. The van der Waals surface area contributed by atoms with E-state index in [0.29, 0.717) is 44.9 Å². The smallest absolute Gasteiger partial charge is 0.410 e. The van der Waals surface area contributed by atoms with E-state index in [2.05, 4.69) is 5.32 Å². The van der Waals surface area contributed by atoms with E-state index in [9.17, 15) is 18.0 Å². The summed E-state index contributed by atoms with van der Waals surface area (Å²) in [6, 6.07) is 5.70. The topological polar surface area (TPSA) is 96.0 Å². The second-order valence-electron chi connectivity index (χ2n) is 9.13. The number of sulfonamides is 1. The molecule has 1 aromatic carbocycles. The zero-order valence-electron chi connectivity index (χ0n) is 19.3. The van der Waals surface area contributed by atoms with Crippen LogP contribution in [0.2, 0.25) is 0 Å². The van der Waals surface area contributed by atoms with Gasteiger partial charge >= 0.3 is 6.09 Å². The van der Waals surface area contributed by atoms with Gasteiger partial charge in [-0.25, -0.2) is 13.2 Å². The van der Waals surface area contributed by atoms with Gasteiger partial charge in [0.25, 0.3) is 0 Å². The van der Waals surface area contributed by atoms with Crippen LogP contribution >= 0.6 is 0 Å². The van der Waals surface area contributed by atoms with Crippen molar-refractivity contribution >= 4 is 27.7 Å². The lowest BCUT2D eigenvalue weighted by Crippen LogP contribution is -2.39. The quantitative estimate of drug-likeness (QED) is 0.666. The SMILES string of the molecule is CC(C)OC(=O)N1CCC(CCCC(=O)Nc2ccc3c(c2)CCN(S(C)(=O)=O)C3)CC1. The highest BCUT2D eigenvalue weighted by atomic mass is 32.2. The van der Waals surface area contributed by atoms with Crippen molar-refractivity contribution < 1.29 is 22.7 Å². The lowest BCUT2D eigenvalue weighted by atomic mass is 9.91. The summed E-state index contributed by atoms with van der Waals surface area (Å²) in [6.07, 6.45) is 5.71. The average molecular weight is 466 g/mol. The number of anilines is 1. The van der Waals surface area contributed by atoms with Crippen LogP contribution in [0.5, 0.6) is 0 Å². The number of hydrogen-bond donors (Lipinski definition) is 1. The number of nitrogens with one attached hydrogen (secondary N) is 1. The average Bonchev–Trinajstić information content (AvgIpc) is 2.72. The minimum Gasteiger partial charge on any atom is -0.447 e. The first-order valence-corrected chi connectivity index (χ1v) is 13.3. The fourth-order valence-electron chi connectivity index (χ4n) is 4.34. The highest BCUT2D eigenvalue weighted by molar-refractivity contribution is 7.88. The molecule has 0 unspecified atom stereocenters. The number of carbonyl (C=O) groups is 2. The molecule has 3 rings (SSSR count). The normalized spacial score (nSPS) is 17.8. The van der Waals surface area contributed by atoms with Crippen molar-refractivity contribution in [2.75, 3.05) is 31.2 Å². The van der Waals surface area contributed by atoms with Crippen LogP contribution in [0, 0.1) is 5.92 Å². The number of amides is 2. The number of benzene rings is 1. The van der Waals surface area contributed by atoms with Gasteiger partial charge in [-0.15, -0.1) is 0 Å². The minimum absolute atomic E-state index is 0.00327. The van der Waals surface area contributed by atoms with Gasteiger partial charge in [-0.3, -0.25) is 4.79 Å². The second-order valence-corrected chi connectivity index (χ2v) is 11.1. The summed E-state index contributed by atoms with van der Waals surface area (Å²) < 4.78 is 30.2. The fourth-order valence-corrected chi connectivity index (χ4v) is 5.14. The first kappa shape index (κ1) is 24.5. The third-order valence-corrected chi connectivity index (χ3v) is 7.41. The molecule has 0 aliphatic carbocycles. The van der Waals surface area contributed by atoms with Crippen molar-refractivity contribution in [3.8, 4) is 0 Å². The molecular formula is C23H35N3O5S. The van der Waals surface area contributed by atoms with Crippen LogP contribution in [0.4, 0.5) is 10.5 Å². The predicted molar refractivity (Wildman–Crippen MR) is 124 cm³/mol. The van der Waals surface area contributed by atoms with E-state index in [4.69, 9.17) is 4.74 Å². The standard InChI is InChI=1S/C23H35N3O5S/c1-17(2)31-23(28)25-12-9-18(10-13-25)5-4-6-22(27)24-21-8-7-20-16-26(32(3,29)30)14-11-19(20)15-21/h7-8,15,17-18H,4-6,9-14,16H2,1-3H3,(H,24,27). The van der Waals surface area contributed by atoms with Gasteiger partial charge in [-0.05, 0) is 75.1 Å². The molecule has 0 bridgehead atoms. The summed E-state index contributed by atoms with van der Waals surface area (Å²) >= 11 is 0. The Morgan fingerprint density at radius 3 is 2.53 bits per heavy atom. The number of ether oxygens (including phenoxy) is 1. The van der Waals surface area contributed by atoms with Gasteiger partial charge in [-0.2, -0.15) is 4.31 Å². The highest BCUT2D eigenvalue weighted by Gasteiger charge is 2.25. The summed E-state index contributed by atoms with van der Waals surface area (Å²) in [5.74, 6) is 0.531. The molecule has 9 heteroatoms. The van der Waals surface area contributed by atoms with E-state index in [-0.39, 0.29) is 18.1 Å². The summed E-state index contributed by atoms with van der Waals surface area (Å²) in [4.78, 5) is 26.1. The lowest BCUT2D eigenvalue weighted by molar-refractivity contribution is -0.116. The van der Waals surface area contributed by atoms with Crippen molar-refractivity contribution in [1.29, 1.82) is 0 Å². The second kappa shape index (κ2) is 10.7. The van der Waals surface area contributed by atoms with Crippen molar-refractivity contribution in [3.05, 3.63) is 29.3 Å². The van der Waals surface area contributed by atoms with Crippen molar-refractivity contribution in [3.63, 3.8) is 0 Å². The Balaban J connectivity index is 1.39. The van der Waals surface area contributed by atoms with Crippen LogP contribution < -0.4 is 5.32 Å². The van der Waals surface area contributed by atoms with E-state index >= 15 is 0 Å². The molecular weight excluding hydrogens is 430 g/mol. The number of nitrogens with zero attached hydrogens (tertiary/aromatic N) is 2. The van der Waals surface area contributed by atoms with Gasteiger partial charge in [0.2, 0.25) is 15.9 Å². The fraction of sp³-hybridized carbons (Fsp3) is 0.652. The van der Waals surface area contributed by atoms with E-state index in [0.717, 1.165) is 42.5 Å². The molecule has 32 heavy (non-hydrogen) atoms. The van der Waals surface area contributed by atoms with Crippen molar-refractivity contribution in [2.45, 2.75) is 65.0 Å². The van der Waals surface area contributed by atoms with Gasteiger partial charge in [0.15, 0.2) is 0 Å². The Morgan fingerprint density at radius 1 is 1.16 bits per heavy atom. The maximum Gasteiger partial charge on any atom is 0.410 e. The number of carbonyl (C=O) groups excluding carboxylic acids is 2. The first-order chi connectivity index (χ1) is 15.1. The molecule has 8 nitrogen and oxygen atoms in total. The third kappa shape index (κ3) is 6.93. The van der Waals surface area contributed by atoms with Crippen LogP contribution in [0.15, 0.2) is 18.2 Å². The summed E-state index contributed by atoms with van der Waals surface area (Å²) in [7, 11) is -3.19. The largest absolute Gasteiger partial charge is 0.447 e. The summed E-state index contributed by atoms with van der Waals surface area (Å²) in [5, 5.41) is 2.97. The Kier molecular flexibility index (Phi) is 8.16. The van der Waals surface area contributed by atoms with Gasteiger partial charge in [0.1, 0.15) is 0 Å². The van der Waals surface area contributed by atoms with Crippen LogP contribution in [-0.2, 0) is 32.5 Å². The third-order valence-electron chi connectivity index (χ3n) is 6.16. The van der Waals surface area contributed by atoms with Gasteiger partial charge in [-0.1, -0.05) is 6.07 Å². The molecule has 0 atom stereocenters. The minimum atomic E-state index is -3.19. The van der Waals surface area contributed by atoms with Crippen molar-refractivity contribution in [2.24, 2.45) is 5.92 Å². The van der Waals surface area contributed by atoms with Crippen LogP contribution in [-0.4, -0.2) is 61.6 Å². The van der Waals surface area contributed by atoms with E-state index < -0.39 is 10.0 Å². The van der Waals surface area contributed by atoms with Gasteiger partial charge in [0.05, 0.1) is 12.4 Å². The van der Waals surface area contributed by atoms with Crippen LogP contribution in [0.3, 0.4) is 0 Å². The highest BCUT2D eigenvalue weighted by Crippen LogP contribution is 2.25. The summed E-state index contributed by atoms with van der Waals surface area (Å²) in [5.41, 5.74) is 2.84. The van der Waals surface area contributed by atoms with Crippen LogP contribution in [0.1, 0.15) is 57.1 Å². The van der Waals surface area contributed by atoms with Gasteiger partial charge in [0, 0.05) is 38.3 Å². The van der Waals surface area contributed by atoms with Gasteiger partial charge < -0.3 is 15.0 Å². The molecule has 0 spiro atoms. The Hall–Kier alpha value is -2.13. The molecule has 2 aliphatic heterocycles. The number of fused-ring (bicyclic) bond motifs is 1. The molecule has 1 fully saturated rings. The maximum atomic E-state index is 12.4. The first-order valence-electron chi connectivity index (χ1n) is 11.4. The molecule has 1 N–H and O–H groups in total. The van der Waals surface area contributed by atoms with E-state index in [1.807, 2.05) is 32.0 Å². The zero-order valence-corrected chi connectivity index (χ0v) is 20.1. The lowest BCUT2D eigenvalue weighted by Gasteiger charge is -2.31. The number of hydrogen-bond acceptors (Lipinski definition) is 5. The Bertz CT molecular complexity index is 924. The number of piperidine rings is 1. The predicted octanol–water partition coefficient (Wildman–Crippen LogP) is 3.37. The van der Waals surface area contributed by atoms with Crippen LogP contribution in [0.25, 0.3) is 0 Å². The number of likely N-dealkylation sites (tertiary alicyclic amines) is 1. The summed E-state index contributed by atoms with van der Waals surface area (Å²) in [6.45, 7) is 5.99. The zero-order chi connectivity index (χ0) is 23.3. The molecule has 0 aromatic heterocycles. The maximum absolute atomic E-state index is 12.4. The molecule has 2 amide bonds. The molecule has 178 valence electrons. The monoisotopic (exact) mass is 465 g/mol. The van der Waals surface area contributed by atoms with E-state index in [1.165, 1.54) is 10.6 Å².